The zero-order valence-corrected chi connectivity index (χ0v) is 12.2. The lowest BCUT2D eigenvalue weighted by atomic mass is 10.3. The molecule has 2 rings (SSSR count). The van der Waals surface area contributed by atoms with Gasteiger partial charge in [-0.1, -0.05) is 36.4 Å². The molecule has 2 aromatic rings. The van der Waals surface area contributed by atoms with Crippen molar-refractivity contribution in [3.63, 3.8) is 0 Å². The van der Waals surface area contributed by atoms with Gasteiger partial charge in [-0.05, 0) is 31.2 Å². The predicted octanol–water partition coefficient (Wildman–Crippen LogP) is 4.68. The molecule has 2 aromatic carbocycles. The highest BCUT2D eigenvalue weighted by Crippen LogP contribution is 2.36. The van der Waals surface area contributed by atoms with Crippen molar-refractivity contribution < 1.29 is 9.05 Å². The number of rotatable bonds is 6. The second-order valence-corrected chi connectivity index (χ2v) is 6.98. The van der Waals surface area contributed by atoms with E-state index in [2.05, 4.69) is 6.92 Å². The minimum atomic E-state index is 0.408. The van der Waals surface area contributed by atoms with Crippen molar-refractivity contribution in [3.05, 3.63) is 60.7 Å². The average molecular weight is 278 g/mol. The van der Waals surface area contributed by atoms with E-state index in [9.17, 15) is 0 Å². The van der Waals surface area contributed by atoms with E-state index in [0.717, 1.165) is 11.5 Å². The first-order valence-electron chi connectivity index (χ1n) is 5.79. The van der Waals surface area contributed by atoms with Crippen LogP contribution in [0.25, 0.3) is 0 Å². The van der Waals surface area contributed by atoms with Crippen LogP contribution in [0, 0.1) is 0 Å². The van der Waals surface area contributed by atoms with Crippen molar-refractivity contribution in [2.75, 3.05) is 0 Å². The Morgan fingerprint density at radius 2 is 1.11 bits per heavy atom. The van der Waals surface area contributed by atoms with E-state index in [4.69, 9.17) is 9.05 Å². The molecule has 4 heteroatoms. The second-order valence-electron chi connectivity index (χ2n) is 3.79. The highest BCUT2D eigenvalue weighted by molar-refractivity contribution is 7.52. The molecule has 2 unspecified atom stereocenters. The van der Waals surface area contributed by atoms with Crippen molar-refractivity contribution in [2.45, 2.75) is 12.3 Å². The molecule has 0 fully saturated rings. The van der Waals surface area contributed by atoms with Gasteiger partial charge in [0.15, 0.2) is 0 Å². The highest BCUT2D eigenvalue weighted by Gasteiger charge is 2.05. The molecular weight excluding hydrogens is 262 g/mol. The average Bonchev–Trinajstić information content (AvgIpc) is 2.45. The molecule has 0 radical (unpaired) electrons. The molecule has 0 amide bonds. The van der Waals surface area contributed by atoms with Gasteiger partial charge in [0.25, 0.3) is 0 Å². The lowest BCUT2D eigenvalue weighted by Gasteiger charge is -2.13. The molecule has 0 N–H and O–H groups in total. The topological polar surface area (TPSA) is 18.5 Å². The fourth-order valence-electron chi connectivity index (χ4n) is 1.31. The standard InChI is InChI=1S/C14H16O2P2/c1-12(17-15-13-8-4-2-5-9-13)18-16-14-10-6-3-7-11-14/h2-12,17-18H,1H3. The molecule has 0 spiro atoms. The lowest BCUT2D eigenvalue weighted by molar-refractivity contribution is 0.614. The van der Waals surface area contributed by atoms with Crippen molar-refractivity contribution >= 4 is 17.6 Å². The van der Waals surface area contributed by atoms with Gasteiger partial charge in [-0.15, -0.1) is 0 Å². The van der Waals surface area contributed by atoms with Crippen LogP contribution >= 0.6 is 17.6 Å². The van der Waals surface area contributed by atoms with Crippen LogP contribution in [0.2, 0.25) is 0 Å². The fraction of sp³-hybridized carbons (Fsp3) is 0.143. The van der Waals surface area contributed by atoms with Gasteiger partial charge in [0.05, 0.1) is 23.0 Å². The molecular formula is C14H16O2P2. The molecule has 2 nitrogen and oxygen atoms in total. The number of benzene rings is 2. The van der Waals surface area contributed by atoms with Gasteiger partial charge in [-0.2, -0.15) is 0 Å². The van der Waals surface area contributed by atoms with Gasteiger partial charge in [-0.25, -0.2) is 0 Å². The monoisotopic (exact) mass is 278 g/mol. The molecule has 2 atom stereocenters. The zero-order chi connectivity index (χ0) is 12.6. The summed E-state index contributed by atoms with van der Waals surface area (Å²) in [5.41, 5.74) is 0. The minimum absolute atomic E-state index is 0.408. The SMILES string of the molecule is CC(POc1ccccc1)POc1ccccc1. The Balaban J connectivity index is 1.71. The zero-order valence-electron chi connectivity index (χ0n) is 10.2. The minimum Gasteiger partial charge on any atom is -0.476 e. The van der Waals surface area contributed by atoms with E-state index < -0.39 is 0 Å². The molecule has 0 aliphatic carbocycles. The Hall–Kier alpha value is -1.10. The summed E-state index contributed by atoms with van der Waals surface area (Å²) in [6.07, 6.45) is 0. The highest BCUT2D eigenvalue weighted by atomic mass is 31.1. The smallest absolute Gasteiger partial charge is 0.122 e. The van der Waals surface area contributed by atoms with Gasteiger partial charge >= 0.3 is 0 Å². The maximum absolute atomic E-state index is 5.71. The van der Waals surface area contributed by atoms with E-state index in [-0.39, 0.29) is 0 Å². The molecule has 0 bridgehead atoms. The summed E-state index contributed by atoms with van der Waals surface area (Å²) in [4.78, 5) is 0. The van der Waals surface area contributed by atoms with Crippen molar-refractivity contribution in [1.29, 1.82) is 0 Å². The molecule has 0 saturated carbocycles. The Kier molecular flexibility index (Phi) is 5.45. The van der Waals surface area contributed by atoms with Crippen molar-refractivity contribution in [2.24, 2.45) is 0 Å². The maximum Gasteiger partial charge on any atom is 0.122 e. The van der Waals surface area contributed by atoms with Crippen LogP contribution in [0.3, 0.4) is 0 Å². The van der Waals surface area contributed by atoms with Crippen molar-refractivity contribution in [3.8, 4) is 11.5 Å². The lowest BCUT2D eigenvalue weighted by Crippen LogP contribution is -1.91. The summed E-state index contributed by atoms with van der Waals surface area (Å²) in [5, 5.41) is 0.408. The Morgan fingerprint density at radius 3 is 1.50 bits per heavy atom. The summed E-state index contributed by atoms with van der Waals surface area (Å²) < 4.78 is 11.4. The van der Waals surface area contributed by atoms with Crippen molar-refractivity contribution in [1.82, 2.24) is 0 Å². The third-order valence-corrected chi connectivity index (χ3v) is 4.31. The van der Waals surface area contributed by atoms with Crippen LogP contribution in [0.5, 0.6) is 11.5 Å². The van der Waals surface area contributed by atoms with Gasteiger partial charge < -0.3 is 9.05 Å². The summed E-state index contributed by atoms with van der Waals surface area (Å²) in [5.74, 6) is 1.85. The van der Waals surface area contributed by atoms with Crippen LogP contribution in [0.15, 0.2) is 60.7 Å². The third kappa shape index (κ3) is 4.64. The van der Waals surface area contributed by atoms with Crippen LogP contribution in [0.4, 0.5) is 0 Å². The molecule has 0 aliphatic rings. The molecule has 18 heavy (non-hydrogen) atoms. The van der Waals surface area contributed by atoms with Gasteiger partial charge in [-0.3, -0.25) is 0 Å². The summed E-state index contributed by atoms with van der Waals surface area (Å²) in [6, 6.07) is 19.8. The number of hydrogen-bond acceptors (Lipinski definition) is 2. The predicted molar refractivity (Wildman–Crippen MR) is 80.2 cm³/mol. The van der Waals surface area contributed by atoms with Crippen LogP contribution in [0.1, 0.15) is 6.92 Å². The maximum atomic E-state index is 5.71. The Morgan fingerprint density at radius 1 is 0.722 bits per heavy atom. The largest absolute Gasteiger partial charge is 0.476 e. The van der Waals surface area contributed by atoms with Crippen LogP contribution in [-0.4, -0.2) is 5.40 Å². The van der Waals surface area contributed by atoms with Gasteiger partial charge in [0.2, 0.25) is 0 Å². The van der Waals surface area contributed by atoms with Gasteiger partial charge in [0, 0.05) is 0 Å². The Bertz CT molecular complexity index is 404. The molecule has 0 aliphatic heterocycles. The number of para-hydroxylation sites is 2. The van der Waals surface area contributed by atoms with E-state index >= 15 is 0 Å². The molecule has 94 valence electrons. The fourth-order valence-corrected chi connectivity index (χ4v) is 2.76. The first-order valence-corrected chi connectivity index (χ1v) is 7.76. The Labute approximate surface area is 111 Å². The quantitative estimate of drug-likeness (QED) is 0.714. The first kappa shape index (κ1) is 13.3. The molecule has 0 heterocycles. The summed E-state index contributed by atoms with van der Waals surface area (Å²) >= 11 is 0. The summed E-state index contributed by atoms with van der Waals surface area (Å²) in [6.45, 7) is 2.14. The van der Waals surface area contributed by atoms with E-state index in [1.165, 1.54) is 0 Å². The van der Waals surface area contributed by atoms with Crippen LogP contribution in [-0.2, 0) is 0 Å². The normalized spacial score (nSPS) is 13.2. The van der Waals surface area contributed by atoms with E-state index in [1.807, 2.05) is 60.7 Å². The second kappa shape index (κ2) is 7.36. The van der Waals surface area contributed by atoms with E-state index in [0.29, 0.717) is 23.0 Å². The van der Waals surface area contributed by atoms with Crippen LogP contribution < -0.4 is 9.05 Å². The third-order valence-electron chi connectivity index (χ3n) is 2.19. The number of hydrogen-bond donors (Lipinski definition) is 0. The molecule has 0 aromatic heterocycles. The molecule has 0 saturated heterocycles. The van der Waals surface area contributed by atoms with E-state index in [1.54, 1.807) is 0 Å². The summed E-state index contributed by atoms with van der Waals surface area (Å²) in [7, 11) is 0.845. The first-order chi connectivity index (χ1) is 8.84. The van der Waals surface area contributed by atoms with Gasteiger partial charge in [0.1, 0.15) is 11.5 Å².